The van der Waals surface area contributed by atoms with E-state index >= 15 is 0 Å². The van der Waals surface area contributed by atoms with Crippen LogP contribution < -0.4 is 0 Å². The molecule has 0 nitrogen and oxygen atoms in total. The molecule has 0 bridgehead atoms. The molecule has 2 atom stereocenters. The predicted octanol–water partition coefficient (Wildman–Crippen LogP) is 4.68. The minimum Gasteiger partial charge on any atom is -0.144 e. The van der Waals surface area contributed by atoms with Crippen LogP contribution in [0, 0.1) is 0 Å². The van der Waals surface area contributed by atoms with E-state index < -0.39 is 6.69 Å². The van der Waals surface area contributed by atoms with Crippen LogP contribution in [0.5, 0.6) is 0 Å². The van der Waals surface area contributed by atoms with E-state index in [1.54, 1.807) is 0 Å². The Balaban J connectivity index is 2.27. The minimum atomic E-state index is -2.33. The Kier molecular flexibility index (Phi) is 2.97. The van der Waals surface area contributed by atoms with E-state index in [2.05, 4.69) is 50.3 Å². The molecular weight excluding hydrogens is 243 g/mol. The molecule has 2 unspecified atom stereocenters. The van der Waals surface area contributed by atoms with Crippen molar-refractivity contribution < 1.29 is 0 Å². The van der Waals surface area contributed by atoms with E-state index in [-0.39, 0.29) is 11.1 Å². The summed E-state index contributed by atoms with van der Waals surface area (Å²) in [6, 6.07) is 0. The van der Waals surface area contributed by atoms with Gasteiger partial charge in [-0.05, 0) is 13.8 Å². The molecule has 0 aromatic rings. The quantitative estimate of drug-likeness (QED) is 0.497. The average molecular weight is 257 g/mol. The lowest BCUT2D eigenvalue weighted by atomic mass is 10.2. The van der Waals surface area contributed by atoms with Crippen LogP contribution in [0.25, 0.3) is 0 Å². The zero-order valence-corrected chi connectivity index (χ0v) is 11.4. The summed E-state index contributed by atoms with van der Waals surface area (Å²) in [6.07, 6.45) is 12.6. The molecule has 80 valence electrons. The van der Waals surface area contributed by atoms with Crippen LogP contribution >= 0.6 is 22.2 Å². The molecule has 0 fully saturated rings. The SMILES string of the molecule is CC1=CC=CC1[Si](Cl)(Cl)C1C=CC=C1C. The second-order valence-electron chi connectivity index (χ2n) is 4.22. The second-order valence-corrected chi connectivity index (χ2v) is 11.1. The first-order valence-electron chi connectivity index (χ1n) is 5.11. The topological polar surface area (TPSA) is 0 Å². The maximum absolute atomic E-state index is 6.66. The third kappa shape index (κ3) is 1.89. The van der Waals surface area contributed by atoms with Crippen molar-refractivity contribution in [3.05, 3.63) is 47.6 Å². The first kappa shape index (κ1) is 11.2. The zero-order valence-electron chi connectivity index (χ0n) is 8.87. The Morgan fingerprint density at radius 3 is 1.60 bits per heavy atom. The van der Waals surface area contributed by atoms with Crippen molar-refractivity contribution in [2.24, 2.45) is 0 Å². The third-order valence-corrected chi connectivity index (χ3v) is 8.91. The maximum Gasteiger partial charge on any atom is 0.272 e. The van der Waals surface area contributed by atoms with Crippen molar-refractivity contribution >= 4 is 28.9 Å². The summed E-state index contributed by atoms with van der Waals surface area (Å²) in [5.74, 6) is 0. The molecule has 0 saturated heterocycles. The summed E-state index contributed by atoms with van der Waals surface area (Å²) >= 11 is 13.3. The monoisotopic (exact) mass is 256 g/mol. The molecule has 0 N–H and O–H groups in total. The first-order chi connectivity index (χ1) is 7.03. The number of rotatable bonds is 2. The van der Waals surface area contributed by atoms with Gasteiger partial charge in [0.1, 0.15) is 0 Å². The van der Waals surface area contributed by atoms with Gasteiger partial charge in [0.05, 0.1) is 0 Å². The van der Waals surface area contributed by atoms with Gasteiger partial charge in [0.2, 0.25) is 0 Å². The first-order valence-corrected chi connectivity index (χ1v) is 9.29. The van der Waals surface area contributed by atoms with Crippen LogP contribution in [0.3, 0.4) is 0 Å². The van der Waals surface area contributed by atoms with Gasteiger partial charge in [-0.2, -0.15) is 0 Å². The fourth-order valence-electron chi connectivity index (χ4n) is 2.20. The fraction of sp³-hybridized carbons (Fsp3) is 0.333. The van der Waals surface area contributed by atoms with Gasteiger partial charge in [0.15, 0.2) is 0 Å². The van der Waals surface area contributed by atoms with Crippen molar-refractivity contribution in [3.63, 3.8) is 0 Å². The number of halogens is 2. The molecule has 2 aliphatic rings. The molecule has 3 heteroatoms. The molecular formula is C12H14Cl2Si. The van der Waals surface area contributed by atoms with Crippen LogP contribution in [0.4, 0.5) is 0 Å². The van der Waals surface area contributed by atoms with Crippen molar-refractivity contribution in [2.45, 2.75) is 24.9 Å². The Labute approximate surface area is 101 Å². The fourth-order valence-corrected chi connectivity index (χ4v) is 7.67. The van der Waals surface area contributed by atoms with Gasteiger partial charge in [0, 0.05) is 11.1 Å². The lowest BCUT2D eigenvalue weighted by Crippen LogP contribution is -2.31. The van der Waals surface area contributed by atoms with Crippen molar-refractivity contribution in [3.8, 4) is 0 Å². The molecule has 0 spiro atoms. The standard InChI is InChI=1S/C12H14Cl2Si/c1-9-5-3-7-11(9)15(13,14)12-8-4-6-10(12)2/h3-8,11-12H,1-2H3. The van der Waals surface area contributed by atoms with Crippen LogP contribution in [-0.4, -0.2) is 6.69 Å². The Hall–Kier alpha value is -0.243. The Morgan fingerprint density at radius 2 is 1.33 bits per heavy atom. The second kappa shape index (κ2) is 3.97. The number of hydrogen-bond acceptors (Lipinski definition) is 0. The predicted molar refractivity (Wildman–Crippen MR) is 70.8 cm³/mol. The van der Waals surface area contributed by atoms with E-state index in [0.717, 1.165) is 0 Å². The summed E-state index contributed by atoms with van der Waals surface area (Å²) in [5.41, 5.74) is 3.11. The highest BCUT2D eigenvalue weighted by molar-refractivity contribution is 7.47. The lowest BCUT2D eigenvalue weighted by molar-refractivity contribution is 1.12. The van der Waals surface area contributed by atoms with E-state index in [1.165, 1.54) is 11.1 Å². The summed E-state index contributed by atoms with van der Waals surface area (Å²) in [4.78, 5) is 0. The number of hydrogen-bond donors (Lipinski definition) is 0. The Morgan fingerprint density at radius 1 is 0.933 bits per heavy atom. The molecule has 0 aromatic carbocycles. The average Bonchev–Trinajstić information content (AvgIpc) is 2.73. The van der Waals surface area contributed by atoms with Gasteiger partial charge in [-0.3, -0.25) is 0 Å². The van der Waals surface area contributed by atoms with Crippen molar-refractivity contribution in [2.75, 3.05) is 0 Å². The van der Waals surface area contributed by atoms with Crippen molar-refractivity contribution in [1.82, 2.24) is 0 Å². The highest BCUT2D eigenvalue weighted by Gasteiger charge is 2.46. The molecule has 0 heterocycles. The molecule has 0 aliphatic heterocycles. The molecule has 2 rings (SSSR count). The summed E-state index contributed by atoms with van der Waals surface area (Å²) in [7, 11) is 0. The van der Waals surface area contributed by atoms with Gasteiger partial charge in [-0.15, -0.1) is 22.2 Å². The van der Waals surface area contributed by atoms with Gasteiger partial charge in [0.25, 0.3) is 6.69 Å². The van der Waals surface area contributed by atoms with E-state index in [4.69, 9.17) is 22.2 Å². The smallest absolute Gasteiger partial charge is 0.144 e. The molecule has 2 aliphatic carbocycles. The third-order valence-electron chi connectivity index (χ3n) is 3.14. The highest BCUT2D eigenvalue weighted by atomic mass is 35.7. The summed E-state index contributed by atoms with van der Waals surface area (Å²) < 4.78 is 0. The van der Waals surface area contributed by atoms with Crippen LogP contribution in [0.2, 0.25) is 11.1 Å². The molecule has 15 heavy (non-hydrogen) atoms. The van der Waals surface area contributed by atoms with E-state index in [0.29, 0.717) is 0 Å². The maximum atomic E-state index is 6.66. The van der Waals surface area contributed by atoms with E-state index in [1.807, 2.05) is 0 Å². The van der Waals surface area contributed by atoms with Gasteiger partial charge >= 0.3 is 0 Å². The summed E-state index contributed by atoms with van der Waals surface area (Å²) in [5, 5.41) is 0. The summed E-state index contributed by atoms with van der Waals surface area (Å²) in [6.45, 7) is 1.88. The zero-order chi connectivity index (χ0) is 11.1. The Bertz CT molecular complexity index is 352. The highest BCUT2D eigenvalue weighted by Crippen LogP contribution is 2.51. The van der Waals surface area contributed by atoms with Gasteiger partial charge in [-0.25, -0.2) is 0 Å². The van der Waals surface area contributed by atoms with Crippen molar-refractivity contribution in [1.29, 1.82) is 0 Å². The number of allylic oxidation sites excluding steroid dienone is 8. The minimum absolute atomic E-state index is 0.261. The van der Waals surface area contributed by atoms with Crippen LogP contribution in [0.15, 0.2) is 47.6 Å². The lowest BCUT2D eigenvalue weighted by Gasteiger charge is -2.30. The van der Waals surface area contributed by atoms with Crippen LogP contribution in [0.1, 0.15) is 13.8 Å². The van der Waals surface area contributed by atoms with Crippen LogP contribution in [-0.2, 0) is 0 Å². The normalized spacial score (nSPS) is 29.6. The van der Waals surface area contributed by atoms with Gasteiger partial charge < -0.3 is 0 Å². The molecule has 0 amide bonds. The van der Waals surface area contributed by atoms with Gasteiger partial charge in [-0.1, -0.05) is 47.6 Å². The largest absolute Gasteiger partial charge is 0.272 e. The molecule has 0 aromatic heterocycles. The van der Waals surface area contributed by atoms with E-state index in [9.17, 15) is 0 Å². The molecule has 0 radical (unpaired) electrons. The molecule has 0 saturated carbocycles.